The zero-order chi connectivity index (χ0) is 20.2. The summed E-state index contributed by atoms with van der Waals surface area (Å²) in [6.07, 6.45) is -4.44. The van der Waals surface area contributed by atoms with Crippen LogP contribution in [0.1, 0.15) is 34.0 Å². The van der Waals surface area contributed by atoms with E-state index in [2.05, 4.69) is 5.32 Å². The lowest BCUT2D eigenvalue weighted by molar-refractivity contribution is -0.137. The summed E-state index contributed by atoms with van der Waals surface area (Å²) in [4.78, 5) is 25.7. The highest BCUT2D eigenvalue weighted by Gasteiger charge is 2.30. The molecule has 0 heterocycles. The Morgan fingerprint density at radius 2 is 1.67 bits per heavy atom. The highest BCUT2D eigenvalue weighted by atomic mass is 19.4. The third-order valence-electron chi connectivity index (χ3n) is 4.13. The number of nitrogens with one attached hydrogen (secondary N) is 1. The largest absolute Gasteiger partial charge is 0.416 e. The predicted octanol–water partition coefficient (Wildman–Crippen LogP) is 4.11. The van der Waals surface area contributed by atoms with Crippen LogP contribution in [-0.2, 0) is 11.0 Å². The lowest BCUT2D eigenvalue weighted by atomic mass is 10.1. The monoisotopic (exact) mass is 378 g/mol. The van der Waals surface area contributed by atoms with E-state index in [0.29, 0.717) is 0 Å². The van der Waals surface area contributed by atoms with Crippen LogP contribution in [0.2, 0.25) is 0 Å². The molecule has 0 unspecified atom stereocenters. The van der Waals surface area contributed by atoms with Crippen molar-refractivity contribution in [2.75, 3.05) is 18.0 Å². The highest BCUT2D eigenvalue weighted by Crippen LogP contribution is 2.29. The average molecular weight is 378 g/mol. The molecular formula is C20H21F3N2O2. The summed E-state index contributed by atoms with van der Waals surface area (Å²) in [6.45, 7) is 5.69. The number of amides is 2. The van der Waals surface area contributed by atoms with E-state index < -0.39 is 17.6 Å². The molecule has 0 atom stereocenters. The van der Waals surface area contributed by atoms with E-state index in [-0.39, 0.29) is 24.6 Å². The molecule has 1 N–H and O–H groups in total. The first-order valence-electron chi connectivity index (χ1n) is 8.40. The molecule has 144 valence electrons. The Balaban J connectivity index is 2.01. The van der Waals surface area contributed by atoms with Crippen molar-refractivity contribution in [1.29, 1.82) is 0 Å². The average Bonchev–Trinajstić information content (AvgIpc) is 2.60. The summed E-state index contributed by atoms with van der Waals surface area (Å²) in [7, 11) is 0. The van der Waals surface area contributed by atoms with Crippen molar-refractivity contribution >= 4 is 17.5 Å². The summed E-state index contributed by atoms with van der Waals surface area (Å²) < 4.78 is 37.7. The quantitative estimate of drug-likeness (QED) is 0.851. The van der Waals surface area contributed by atoms with Gasteiger partial charge in [0.25, 0.3) is 5.91 Å². The fraction of sp³-hybridized carbons (Fsp3) is 0.300. The first kappa shape index (κ1) is 20.5. The summed E-state index contributed by atoms with van der Waals surface area (Å²) in [6, 6.07) is 9.76. The van der Waals surface area contributed by atoms with Gasteiger partial charge in [-0.2, -0.15) is 13.2 Å². The molecular weight excluding hydrogens is 357 g/mol. The third-order valence-corrected chi connectivity index (χ3v) is 4.13. The molecule has 2 amide bonds. The van der Waals surface area contributed by atoms with Gasteiger partial charge in [-0.05, 0) is 55.3 Å². The minimum Gasteiger partial charge on any atom is -0.350 e. The maximum Gasteiger partial charge on any atom is 0.416 e. The molecule has 0 saturated heterocycles. The third kappa shape index (κ3) is 5.32. The second-order valence-corrected chi connectivity index (χ2v) is 6.29. The van der Waals surface area contributed by atoms with Crippen molar-refractivity contribution in [2.45, 2.75) is 26.9 Å². The van der Waals surface area contributed by atoms with Crippen LogP contribution in [-0.4, -0.2) is 24.9 Å². The fourth-order valence-corrected chi connectivity index (χ4v) is 2.65. The lowest BCUT2D eigenvalue weighted by Gasteiger charge is -2.23. The SMILES string of the molecule is CC(=O)N(CCNC(=O)c1ccc(C(F)(F)F)cc1)c1cc(C)ccc1C. The molecule has 0 radical (unpaired) electrons. The van der Waals surface area contributed by atoms with E-state index in [0.717, 1.165) is 41.1 Å². The molecule has 27 heavy (non-hydrogen) atoms. The minimum absolute atomic E-state index is 0.129. The van der Waals surface area contributed by atoms with Gasteiger partial charge in [-0.3, -0.25) is 9.59 Å². The van der Waals surface area contributed by atoms with Crippen molar-refractivity contribution in [1.82, 2.24) is 5.32 Å². The van der Waals surface area contributed by atoms with Crippen molar-refractivity contribution in [3.8, 4) is 0 Å². The molecule has 4 nitrogen and oxygen atoms in total. The Labute approximate surface area is 156 Å². The zero-order valence-electron chi connectivity index (χ0n) is 15.4. The van der Waals surface area contributed by atoms with Crippen LogP contribution in [0.5, 0.6) is 0 Å². The van der Waals surface area contributed by atoms with E-state index in [4.69, 9.17) is 0 Å². The standard InChI is InChI=1S/C20H21F3N2O2/c1-13-4-5-14(2)18(12-13)25(15(3)26)11-10-24-19(27)16-6-8-17(9-7-16)20(21,22)23/h4-9,12H,10-11H2,1-3H3,(H,24,27). The molecule has 0 aliphatic heterocycles. The molecule has 2 aromatic rings. The first-order valence-corrected chi connectivity index (χ1v) is 8.40. The van der Waals surface area contributed by atoms with Crippen LogP contribution < -0.4 is 10.2 Å². The maximum atomic E-state index is 12.6. The van der Waals surface area contributed by atoms with Crippen LogP contribution in [0.4, 0.5) is 18.9 Å². The van der Waals surface area contributed by atoms with Crippen LogP contribution in [0.15, 0.2) is 42.5 Å². The van der Waals surface area contributed by atoms with Gasteiger partial charge in [0.05, 0.1) is 5.56 Å². The van der Waals surface area contributed by atoms with Gasteiger partial charge in [0.2, 0.25) is 5.91 Å². The summed E-state index contributed by atoms with van der Waals surface area (Å²) >= 11 is 0. The van der Waals surface area contributed by atoms with E-state index in [9.17, 15) is 22.8 Å². The second kappa shape index (κ2) is 8.24. The Kier molecular flexibility index (Phi) is 6.25. The Morgan fingerprint density at radius 3 is 2.22 bits per heavy atom. The number of hydrogen-bond donors (Lipinski definition) is 1. The summed E-state index contributed by atoms with van der Waals surface area (Å²) in [5, 5.41) is 2.63. The van der Waals surface area contributed by atoms with Gasteiger partial charge < -0.3 is 10.2 Å². The number of rotatable bonds is 5. The number of carbonyl (C=O) groups excluding carboxylic acids is 2. The van der Waals surface area contributed by atoms with Crippen LogP contribution in [0.3, 0.4) is 0 Å². The van der Waals surface area contributed by atoms with Gasteiger partial charge in [-0.1, -0.05) is 12.1 Å². The molecule has 2 rings (SSSR count). The predicted molar refractivity (Wildman–Crippen MR) is 97.7 cm³/mol. The zero-order valence-corrected chi connectivity index (χ0v) is 15.4. The van der Waals surface area contributed by atoms with Crippen molar-refractivity contribution < 1.29 is 22.8 Å². The lowest BCUT2D eigenvalue weighted by Crippen LogP contribution is -2.38. The topological polar surface area (TPSA) is 49.4 Å². The maximum absolute atomic E-state index is 12.6. The van der Waals surface area contributed by atoms with Gasteiger partial charge in [-0.25, -0.2) is 0 Å². The first-order chi connectivity index (χ1) is 12.6. The summed E-state index contributed by atoms with van der Waals surface area (Å²) in [5.41, 5.74) is 2.03. The molecule has 2 aromatic carbocycles. The van der Waals surface area contributed by atoms with Gasteiger partial charge >= 0.3 is 6.18 Å². The minimum atomic E-state index is -4.44. The molecule has 0 aliphatic rings. The molecule has 0 spiro atoms. The Hall–Kier alpha value is -2.83. The van der Waals surface area contributed by atoms with E-state index in [1.165, 1.54) is 6.92 Å². The Bertz CT molecular complexity index is 830. The smallest absolute Gasteiger partial charge is 0.350 e. The number of halogens is 3. The number of aryl methyl sites for hydroxylation is 2. The molecule has 0 saturated carbocycles. The number of carbonyl (C=O) groups is 2. The number of hydrogen-bond acceptors (Lipinski definition) is 2. The highest BCUT2D eigenvalue weighted by molar-refractivity contribution is 5.95. The normalized spacial score (nSPS) is 11.2. The summed E-state index contributed by atoms with van der Waals surface area (Å²) in [5.74, 6) is -0.652. The molecule has 0 aliphatic carbocycles. The molecule has 0 bridgehead atoms. The van der Waals surface area contributed by atoms with E-state index in [1.807, 2.05) is 32.0 Å². The van der Waals surface area contributed by atoms with Crippen molar-refractivity contribution in [2.24, 2.45) is 0 Å². The number of nitrogens with zero attached hydrogens (tertiary/aromatic N) is 1. The molecule has 7 heteroatoms. The second-order valence-electron chi connectivity index (χ2n) is 6.29. The van der Waals surface area contributed by atoms with Crippen LogP contribution in [0, 0.1) is 13.8 Å². The van der Waals surface area contributed by atoms with Gasteiger partial charge in [0.1, 0.15) is 0 Å². The van der Waals surface area contributed by atoms with Gasteiger partial charge in [0.15, 0.2) is 0 Å². The molecule has 0 aromatic heterocycles. The number of benzene rings is 2. The van der Waals surface area contributed by atoms with Gasteiger partial charge in [-0.15, -0.1) is 0 Å². The van der Waals surface area contributed by atoms with Crippen molar-refractivity contribution in [3.05, 3.63) is 64.7 Å². The van der Waals surface area contributed by atoms with Crippen LogP contribution >= 0.6 is 0 Å². The number of anilines is 1. The van der Waals surface area contributed by atoms with Crippen molar-refractivity contribution in [3.63, 3.8) is 0 Å². The van der Waals surface area contributed by atoms with Gasteiger partial charge in [0, 0.05) is 31.3 Å². The Morgan fingerprint density at radius 1 is 1.04 bits per heavy atom. The molecule has 0 fully saturated rings. The van der Waals surface area contributed by atoms with E-state index in [1.54, 1.807) is 4.90 Å². The van der Waals surface area contributed by atoms with E-state index >= 15 is 0 Å². The number of alkyl halides is 3. The fourth-order valence-electron chi connectivity index (χ4n) is 2.65. The van der Waals surface area contributed by atoms with Crippen LogP contribution in [0.25, 0.3) is 0 Å².